The van der Waals surface area contributed by atoms with Crippen molar-refractivity contribution < 1.29 is 4.39 Å². The first kappa shape index (κ1) is 19.3. The SMILES string of the molecule is CCc1nc2n(n1)CC(NC(=NC)NCC(C)(C)c1cccc(F)c1)CC2. The second-order valence-corrected chi connectivity index (χ2v) is 7.68. The zero-order valence-corrected chi connectivity index (χ0v) is 16.6. The second kappa shape index (κ2) is 8.06. The maximum atomic E-state index is 13.6. The molecule has 0 spiro atoms. The van der Waals surface area contributed by atoms with E-state index in [1.165, 1.54) is 6.07 Å². The molecule has 1 atom stereocenters. The van der Waals surface area contributed by atoms with Crippen molar-refractivity contribution in [1.29, 1.82) is 0 Å². The number of benzene rings is 1. The minimum Gasteiger partial charge on any atom is -0.356 e. The van der Waals surface area contributed by atoms with E-state index in [0.717, 1.165) is 49.0 Å². The van der Waals surface area contributed by atoms with Crippen LogP contribution < -0.4 is 10.6 Å². The summed E-state index contributed by atoms with van der Waals surface area (Å²) in [6, 6.07) is 7.03. The molecule has 0 amide bonds. The van der Waals surface area contributed by atoms with E-state index in [1.807, 2.05) is 10.7 Å². The fraction of sp³-hybridized carbons (Fsp3) is 0.550. The molecule has 0 saturated carbocycles. The van der Waals surface area contributed by atoms with Crippen LogP contribution in [0.15, 0.2) is 29.3 Å². The van der Waals surface area contributed by atoms with Crippen molar-refractivity contribution in [2.75, 3.05) is 13.6 Å². The van der Waals surface area contributed by atoms with Crippen LogP contribution in [-0.4, -0.2) is 40.4 Å². The summed E-state index contributed by atoms with van der Waals surface area (Å²) in [7, 11) is 1.77. The van der Waals surface area contributed by atoms with Gasteiger partial charge in [-0.2, -0.15) is 5.10 Å². The van der Waals surface area contributed by atoms with E-state index in [-0.39, 0.29) is 17.3 Å². The van der Waals surface area contributed by atoms with Crippen LogP contribution in [0.25, 0.3) is 0 Å². The van der Waals surface area contributed by atoms with Gasteiger partial charge in [-0.25, -0.2) is 14.1 Å². The molecule has 1 unspecified atom stereocenters. The normalized spacial score (nSPS) is 17.5. The number of guanidine groups is 1. The van der Waals surface area contributed by atoms with E-state index in [0.29, 0.717) is 6.54 Å². The first-order valence-electron chi connectivity index (χ1n) is 9.57. The van der Waals surface area contributed by atoms with E-state index >= 15 is 0 Å². The Kier molecular flexibility index (Phi) is 5.77. The van der Waals surface area contributed by atoms with Gasteiger partial charge in [-0.1, -0.05) is 32.9 Å². The molecule has 0 saturated heterocycles. The Morgan fingerprint density at radius 3 is 2.93 bits per heavy atom. The van der Waals surface area contributed by atoms with Gasteiger partial charge in [-0.15, -0.1) is 0 Å². The van der Waals surface area contributed by atoms with Gasteiger partial charge < -0.3 is 10.6 Å². The summed E-state index contributed by atoms with van der Waals surface area (Å²) in [5.41, 5.74) is 0.740. The zero-order valence-electron chi connectivity index (χ0n) is 16.6. The zero-order chi connectivity index (χ0) is 19.4. The maximum Gasteiger partial charge on any atom is 0.191 e. The summed E-state index contributed by atoms with van der Waals surface area (Å²) in [5, 5.41) is 11.4. The van der Waals surface area contributed by atoms with Crippen molar-refractivity contribution in [3.63, 3.8) is 0 Å². The van der Waals surface area contributed by atoms with Crippen molar-refractivity contribution in [3.05, 3.63) is 47.3 Å². The number of aliphatic imine (C=N–C) groups is 1. The van der Waals surface area contributed by atoms with Gasteiger partial charge in [0.05, 0.1) is 6.54 Å². The lowest BCUT2D eigenvalue weighted by Crippen LogP contribution is -2.49. The van der Waals surface area contributed by atoms with E-state index in [4.69, 9.17) is 0 Å². The summed E-state index contributed by atoms with van der Waals surface area (Å²) < 4.78 is 15.6. The molecule has 0 fully saturated rings. The Morgan fingerprint density at radius 2 is 2.22 bits per heavy atom. The molecule has 1 aromatic carbocycles. The standard InChI is InChI=1S/C20H29FN6/c1-5-17-25-18-10-9-16(12-27(18)26-17)24-19(22-4)23-13-20(2,3)14-7-6-8-15(21)11-14/h6-8,11,16H,5,9-10,12-13H2,1-4H3,(H2,22,23,24). The first-order chi connectivity index (χ1) is 12.9. The highest BCUT2D eigenvalue weighted by molar-refractivity contribution is 5.80. The number of rotatable bonds is 5. The molecule has 0 radical (unpaired) electrons. The van der Waals surface area contributed by atoms with Crippen molar-refractivity contribution in [3.8, 4) is 0 Å². The van der Waals surface area contributed by atoms with Crippen molar-refractivity contribution in [1.82, 2.24) is 25.4 Å². The lowest BCUT2D eigenvalue weighted by Gasteiger charge is -2.29. The summed E-state index contributed by atoms with van der Waals surface area (Å²) in [4.78, 5) is 8.91. The molecule has 3 rings (SSSR count). The van der Waals surface area contributed by atoms with Gasteiger partial charge in [0.1, 0.15) is 11.6 Å². The third-order valence-corrected chi connectivity index (χ3v) is 5.09. The number of hydrogen-bond acceptors (Lipinski definition) is 3. The number of halogens is 1. The number of nitrogens with zero attached hydrogens (tertiary/aromatic N) is 4. The predicted molar refractivity (Wildman–Crippen MR) is 105 cm³/mol. The van der Waals surface area contributed by atoms with Crippen molar-refractivity contribution >= 4 is 5.96 Å². The summed E-state index contributed by atoms with van der Waals surface area (Å²) >= 11 is 0. The molecule has 0 bridgehead atoms. The Labute approximate surface area is 160 Å². The molecule has 27 heavy (non-hydrogen) atoms. The van der Waals surface area contributed by atoms with Gasteiger partial charge in [0.2, 0.25) is 0 Å². The van der Waals surface area contributed by atoms with E-state index in [9.17, 15) is 4.39 Å². The fourth-order valence-electron chi connectivity index (χ4n) is 3.33. The third-order valence-electron chi connectivity index (χ3n) is 5.09. The monoisotopic (exact) mass is 372 g/mol. The van der Waals surface area contributed by atoms with Crippen LogP contribution in [0.4, 0.5) is 4.39 Å². The highest BCUT2D eigenvalue weighted by atomic mass is 19.1. The molecule has 146 valence electrons. The number of fused-ring (bicyclic) bond motifs is 1. The van der Waals surface area contributed by atoms with Gasteiger partial charge in [0, 0.05) is 37.9 Å². The molecule has 1 aliphatic rings. The summed E-state index contributed by atoms with van der Waals surface area (Å²) in [6.07, 6.45) is 2.77. The first-order valence-corrected chi connectivity index (χ1v) is 9.57. The van der Waals surface area contributed by atoms with E-state index in [2.05, 4.69) is 46.5 Å². The molecule has 1 aliphatic heterocycles. The molecule has 2 N–H and O–H groups in total. The number of hydrogen-bond donors (Lipinski definition) is 2. The van der Waals surface area contributed by atoms with E-state index in [1.54, 1.807) is 19.2 Å². The molecule has 2 heterocycles. The van der Waals surface area contributed by atoms with Crippen LogP contribution in [0.3, 0.4) is 0 Å². The van der Waals surface area contributed by atoms with Gasteiger partial charge in [-0.05, 0) is 24.1 Å². The maximum absolute atomic E-state index is 13.6. The largest absolute Gasteiger partial charge is 0.356 e. The average Bonchev–Trinajstić information content (AvgIpc) is 3.07. The smallest absolute Gasteiger partial charge is 0.191 e. The Hall–Kier alpha value is -2.44. The van der Waals surface area contributed by atoms with Crippen molar-refractivity contribution in [2.45, 2.75) is 58.0 Å². The number of aromatic nitrogens is 3. The van der Waals surface area contributed by atoms with Gasteiger partial charge in [0.25, 0.3) is 0 Å². The highest BCUT2D eigenvalue weighted by Crippen LogP contribution is 2.23. The highest BCUT2D eigenvalue weighted by Gasteiger charge is 2.24. The lowest BCUT2D eigenvalue weighted by molar-refractivity contribution is 0.390. The predicted octanol–water partition coefficient (Wildman–Crippen LogP) is 2.44. The average molecular weight is 372 g/mol. The van der Waals surface area contributed by atoms with Crippen LogP contribution >= 0.6 is 0 Å². The Morgan fingerprint density at radius 1 is 1.41 bits per heavy atom. The fourth-order valence-corrected chi connectivity index (χ4v) is 3.33. The minimum absolute atomic E-state index is 0.208. The third kappa shape index (κ3) is 4.64. The second-order valence-electron chi connectivity index (χ2n) is 7.68. The van der Waals surface area contributed by atoms with E-state index < -0.39 is 0 Å². The molecule has 0 aliphatic carbocycles. The molecular formula is C20H29FN6. The van der Waals surface area contributed by atoms with Crippen LogP contribution in [-0.2, 0) is 24.8 Å². The van der Waals surface area contributed by atoms with Gasteiger partial charge in [0.15, 0.2) is 11.8 Å². The van der Waals surface area contributed by atoms with Crippen LogP contribution in [0, 0.1) is 5.82 Å². The van der Waals surface area contributed by atoms with Crippen molar-refractivity contribution in [2.24, 2.45) is 4.99 Å². The lowest BCUT2D eigenvalue weighted by atomic mass is 9.84. The molecule has 6 nitrogen and oxygen atoms in total. The Balaban J connectivity index is 1.58. The van der Waals surface area contributed by atoms with Crippen LogP contribution in [0.1, 0.15) is 44.4 Å². The minimum atomic E-state index is -0.221. The van der Waals surface area contributed by atoms with Crippen LogP contribution in [0.2, 0.25) is 0 Å². The van der Waals surface area contributed by atoms with Crippen LogP contribution in [0.5, 0.6) is 0 Å². The van der Waals surface area contributed by atoms with Gasteiger partial charge in [-0.3, -0.25) is 4.99 Å². The Bertz CT molecular complexity index is 811. The van der Waals surface area contributed by atoms with Gasteiger partial charge >= 0.3 is 0 Å². The topological polar surface area (TPSA) is 67.1 Å². The number of nitrogens with one attached hydrogen (secondary N) is 2. The summed E-state index contributed by atoms with van der Waals surface area (Å²) in [6.45, 7) is 7.70. The summed E-state index contributed by atoms with van der Waals surface area (Å²) in [5.74, 6) is 2.52. The molecule has 1 aromatic heterocycles. The molecule has 7 heteroatoms. The molecule has 2 aromatic rings. The molecular weight excluding hydrogens is 343 g/mol. The number of aryl methyl sites for hydroxylation is 2. The quantitative estimate of drug-likeness (QED) is 0.625.